The van der Waals surface area contributed by atoms with E-state index >= 15 is 0 Å². The molecule has 1 aromatic heterocycles. The molecule has 4 aromatic rings. The van der Waals surface area contributed by atoms with Crippen molar-refractivity contribution >= 4 is 48.3 Å². The highest BCUT2D eigenvalue weighted by molar-refractivity contribution is 7.86. The van der Waals surface area contributed by atoms with Gasteiger partial charge in [-0.15, -0.1) is 0 Å². The van der Waals surface area contributed by atoms with E-state index in [1.165, 1.54) is 17.2 Å². The number of para-hydroxylation sites is 2. The summed E-state index contributed by atoms with van der Waals surface area (Å²) in [6, 6.07) is 25.1. The molecule has 0 bridgehead atoms. The number of unbranched alkanes of at least 4 members (excludes halogenated alkanes) is 2. The number of ether oxygens (including phenoxy) is 1. The van der Waals surface area contributed by atoms with Crippen molar-refractivity contribution in [1.82, 2.24) is 0 Å². The summed E-state index contributed by atoms with van der Waals surface area (Å²) in [6.07, 6.45) is 12.7. The van der Waals surface area contributed by atoms with E-state index in [1.807, 2.05) is 36.4 Å². The fourth-order valence-electron chi connectivity index (χ4n) is 8.81. The summed E-state index contributed by atoms with van der Waals surface area (Å²) in [5, 5.41) is 0.774. The molecule has 7 rings (SSSR count). The number of nitrogens with zero attached hydrogens (tertiary/aromatic N) is 2. The van der Waals surface area contributed by atoms with Crippen molar-refractivity contribution in [2.24, 2.45) is 0 Å². The second-order valence-corrected chi connectivity index (χ2v) is 19.9. The molecule has 3 heterocycles. The largest absolute Gasteiger partial charge is 0.457 e. The Labute approximate surface area is 352 Å². The van der Waals surface area contributed by atoms with Gasteiger partial charge in [-0.05, 0) is 105 Å². The van der Waals surface area contributed by atoms with Crippen molar-refractivity contribution in [2.45, 2.75) is 83.5 Å². The minimum Gasteiger partial charge on any atom is -0.457 e. The van der Waals surface area contributed by atoms with Gasteiger partial charge < -0.3 is 14.1 Å². The van der Waals surface area contributed by atoms with Crippen LogP contribution < -0.4 is 15.3 Å². The lowest BCUT2D eigenvalue weighted by Gasteiger charge is -2.27. The van der Waals surface area contributed by atoms with Crippen molar-refractivity contribution in [2.75, 3.05) is 29.5 Å². The van der Waals surface area contributed by atoms with Crippen molar-refractivity contribution in [1.29, 1.82) is 0 Å². The summed E-state index contributed by atoms with van der Waals surface area (Å²) >= 11 is 0. The lowest BCUT2D eigenvalue weighted by Crippen LogP contribution is -2.28. The zero-order chi connectivity index (χ0) is 42.9. The molecule has 0 unspecified atom stereocenters. The van der Waals surface area contributed by atoms with Gasteiger partial charge in [0, 0.05) is 65.0 Å². The molecule has 60 heavy (non-hydrogen) atoms. The minimum atomic E-state index is -4.06. The third-order valence-corrected chi connectivity index (χ3v) is 13.5. The van der Waals surface area contributed by atoms with Crippen LogP contribution in [-0.2, 0) is 31.1 Å². The van der Waals surface area contributed by atoms with Crippen LogP contribution in [0.2, 0.25) is 0 Å². The molecule has 0 atom stereocenters. The highest BCUT2D eigenvalue weighted by atomic mass is 32.2. The van der Waals surface area contributed by atoms with E-state index in [0.29, 0.717) is 55.9 Å². The van der Waals surface area contributed by atoms with Gasteiger partial charge >= 0.3 is 5.63 Å². The van der Waals surface area contributed by atoms with Crippen molar-refractivity contribution in [3.05, 3.63) is 147 Å². The van der Waals surface area contributed by atoms with E-state index in [2.05, 4.69) is 85.7 Å². The maximum atomic E-state index is 12.2. The van der Waals surface area contributed by atoms with E-state index in [9.17, 15) is 30.7 Å². The van der Waals surface area contributed by atoms with Gasteiger partial charge in [-0.25, -0.2) is 4.79 Å². The van der Waals surface area contributed by atoms with Crippen LogP contribution in [0.1, 0.15) is 83.8 Å². The summed E-state index contributed by atoms with van der Waals surface area (Å²) in [4.78, 5) is 14.4. The average Bonchev–Trinajstić information content (AvgIpc) is 3.54. The molecule has 3 aromatic carbocycles. The number of rotatable bonds is 15. The highest BCUT2D eigenvalue weighted by Gasteiger charge is 2.44. The molecule has 0 radical (unpaired) electrons. The first-order valence-electron chi connectivity index (χ1n) is 20.5. The molecule has 0 amide bonds. The first-order chi connectivity index (χ1) is 28.4. The molecule has 1 aliphatic carbocycles. The number of hydrogen-bond acceptors (Lipinski definition) is 8. The Bertz CT molecular complexity index is 2760. The van der Waals surface area contributed by atoms with Crippen LogP contribution >= 0.6 is 0 Å². The molecule has 2 N–H and O–H groups in total. The second kappa shape index (κ2) is 17.1. The van der Waals surface area contributed by atoms with E-state index in [-0.39, 0.29) is 22.3 Å². The van der Waals surface area contributed by atoms with Crippen LogP contribution in [0.3, 0.4) is 0 Å². The monoisotopic (exact) mass is 853 g/mol. The SMILES string of the molecule is CC1(C)C(=CC=C2CCCC(C=CC3=[N+](CCCCS(=O)(=O)O)c4ccccc4C3(C)C)=C2Oc2ccc3ccc(=O)oc3c2)N(CCCCS(=O)(=O)O)c2ccccc21. The van der Waals surface area contributed by atoms with Crippen LogP contribution in [0.5, 0.6) is 5.75 Å². The van der Waals surface area contributed by atoms with E-state index < -0.39 is 25.9 Å². The van der Waals surface area contributed by atoms with Gasteiger partial charge in [0.05, 0.1) is 16.9 Å². The second-order valence-electron chi connectivity index (χ2n) is 16.8. The minimum absolute atomic E-state index is 0.289. The van der Waals surface area contributed by atoms with Gasteiger partial charge in [0.25, 0.3) is 20.2 Å². The molecule has 0 fully saturated rings. The molecular weight excluding hydrogens is 801 g/mol. The van der Waals surface area contributed by atoms with Crippen LogP contribution in [0, 0.1) is 0 Å². The third-order valence-electron chi connectivity index (χ3n) is 11.8. The Balaban J connectivity index is 1.31. The van der Waals surface area contributed by atoms with Gasteiger partial charge in [0.1, 0.15) is 23.6 Å². The van der Waals surface area contributed by atoms with Gasteiger partial charge in [-0.1, -0.05) is 56.3 Å². The maximum absolute atomic E-state index is 12.2. The molecular formula is C47H53N2O9S2+. The maximum Gasteiger partial charge on any atom is 0.336 e. The normalized spacial score (nSPS) is 18.9. The standard InChI is InChI=1S/C47H52N2O9S2/c1-46(2)37-16-5-7-18-39(37)48(28-9-11-30-59(51,52)53)42(46)25-21-34-14-13-15-35(45(34)57-36-24-20-33-23-27-44(50)58-41(33)32-36)22-26-43-47(3,4)38-17-6-8-19-40(38)49(43)29-10-12-31-60(54,55)56/h5-8,16-27,32H,9-15,28-31H2,1-4H3,(H-,51,52,53,54,55,56)/p+1. The zero-order valence-electron chi connectivity index (χ0n) is 34.6. The quantitative estimate of drug-likeness (QED) is 0.0512. The van der Waals surface area contributed by atoms with Crippen LogP contribution in [0.4, 0.5) is 11.4 Å². The summed E-state index contributed by atoms with van der Waals surface area (Å²) < 4.78 is 79.3. The molecule has 0 saturated carbocycles. The van der Waals surface area contributed by atoms with E-state index in [4.69, 9.17) is 9.15 Å². The molecule has 13 heteroatoms. The lowest BCUT2D eigenvalue weighted by molar-refractivity contribution is -0.438. The third kappa shape index (κ3) is 9.44. The van der Waals surface area contributed by atoms with Gasteiger partial charge in [-0.3, -0.25) is 9.11 Å². The fraction of sp³-hybridized carbons (Fsp3) is 0.362. The average molecular weight is 854 g/mol. The summed E-state index contributed by atoms with van der Waals surface area (Å²) in [7, 11) is -8.12. The van der Waals surface area contributed by atoms with E-state index in [0.717, 1.165) is 58.6 Å². The van der Waals surface area contributed by atoms with Crippen LogP contribution in [0.15, 0.2) is 135 Å². The first kappa shape index (κ1) is 43.0. The predicted octanol–water partition coefficient (Wildman–Crippen LogP) is 9.19. The Morgan fingerprint density at radius 3 is 2.22 bits per heavy atom. The smallest absolute Gasteiger partial charge is 0.336 e. The predicted molar refractivity (Wildman–Crippen MR) is 237 cm³/mol. The van der Waals surface area contributed by atoms with Gasteiger partial charge in [0.2, 0.25) is 5.69 Å². The Morgan fingerprint density at radius 1 is 0.783 bits per heavy atom. The molecule has 316 valence electrons. The molecule has 3 aliphatic rings. The summed E-state index contributed by atoms with van der Waals surface area (Å²) in [5.74, 6) is 0.648. The van der Waals surface area contributed by atoms with Crippen molar-refractivity contribution < 1.29 is 39.7 Å². The Kier molecular flexibility index (Phi) is 12.3. The number of anilines is 1. The van der Waals surface area contributed by atoms with Crippen LogP contribution in [-0.4, -0.2) is 60.8 Å². The summed E-state index contributed by atoms with van der Waals surface area (Å²) in [5.41, 5.74) is 7.81. The first-order valence-corrected chi connectivity index (χ1v) is 23.7. The molecule has 0 saturated heterocycles. The van der Waals surface area contributed by atoms with Gasteiger partial charge in [-0.2, -0.15) is 21.4 Å². The summed E-state index contributed by atoms with van der Waals surface area (Å²) in [6.45, 7) is 9.89. The number of allylic oxidation sites excluding steroid dienone is 7. The van der Waals surface area contributed by atoms with Crippen molar-refractivity contribution in [3.63, 3.8) is 0 Å². The Morgan fingerprint density at radius 2 is 1.47 bits per heavy atom. The van der Waals surface area contributed by atoms with Crippen molar-refractivity contribution in [3.8, 4) is 5.75 Å². The highest BCUT2D eigenvalue weighted by Crippen LogP contribution is 2.48. The van der Waals surface area contributed by atoms with Crippen LogP contribution in [0.25, 0.3) is 11.0 Å². The lowest BCUT2D eigenvalue weighted by atomic mass is 9.81. The number of fused-ring (bicyclic) bond motifs is 3. The zero-order valence-corrected chi connectivity index (χ0v) is 36.2. The van der Waals surface area contributed by atoms with E-state index in [1.54, 1.807) is 12.1 Å². The topological polar surface area (TPSA) is 154 Å². The Hall–Kier alpha value is -5.08. The number of hydrogen-bond donors (Lipinski definition) is 2. The molecule has 0 spiro atoms. The fourth-order valence-corrected chi connectivity index (χ4v) is 9.94. The molecule has 2 aliphatic heterocycles. The number of benzene rings is 3. The van der Waals surface area contributed by atoms with Gasteiger partial charge in [0.15, 0.2) is 5.71 Å². The molecule has 11 nitrogen and oxygen atoms in total.